The number of hydrogen-bond acceptors (Lipinski definition) is 3. The van der Waals surface area contributed by atoms with Gasteiger partial charge in [0.15, 0.2) is 0 Å². The fourth-order valence-electron chi connectivity index (χ4n) is 2.44. The predicted octanol–water partition coefficient (Wildman–Crippen LogP) is 3.15. The summed E-state index contributed by atoms with van der Waals surface area (Å²) in [6.45, 7) is 6.45. The summed E-state index contributed by atoms with van der Waals surface area (Å²) in [5, 5.41) is 4.80. The van der Waals surface area contributed by atoms with Crippen molar-refractivity contribution in [1.82, 2.24) is 9.88 Å². The smallest absolute Gasteiger partial charge is 0.0722 e. The van der Waals surface area contributed by atoms with E-state index in [1.165, 1.54) is 16.6 Å². The number of aryl methyl sites for hydroxylation is 1. The molecule has 1 atom stereocenters. The van der Waals surface area contributed by atoms with Gasteiger partial charge in [-0.2, -0.15) is 0 Å². The highest BCUT2D eigenvalue weighted by Crippen LogP contribution is 2.25. The summed E-state index contributed by atoms with van der Waals surface area (Å²) in [7, 11) is 4.23. The maximum absolute atomic E-state index is 4.47. The van der Waals surface area contributed by atoms with Gasteiger partial charge in [0.05, 0.1) is 5.52 Å². The number of fused-ring (bicyclic) bond motifs is 1. The van der Waals surface area contributed by atoms with E-state index in [1.807, 2.05) is 12.3 Å². The van der Waals surface area contributed by atoms with Crippen molar-refractivity contribution < 1.29 is 0 Å². The lowest BCUT2D eigenvalue weighted by atomic mass is 10.1. The molecule has 0 amide bonds. The molecule has 0 bridgehead atoms. The van der Waals surface area contributed by atoms with Crippen LogP contribution in [0.2, 0.25) is 0 Å². The molecule has 0 aliphatic rings. The molecule has 0 saturated heterocycles. The molecule has 0 saturated carbocycles. The second-order valence-corrected chi connectivity index (χ2v) is 5.58. The van der Waals surface area contributed by atoms with E-state index in [0.29, 0.717) is 5.92 Å². The Balaban J connectivity index is 2.18. The van der Waals surface area contributed by atoms with Crippen LogP contribution in [-0.2, 0) is 0 Å². The molecule has 1 heterocycles. The van der Waals surface area contributed by atoms with Gasteiger partial charge in [-0.15, -0.1) is 0 Å². The molecule has 2 rings (SSSR count). The van der Waals surface area contributed by atoms with Crippen LogP contribution in [0.1, 0.15) is 12.5 Å². The van der Waals surface area contributed by atoms with Gasteiger partial charge in [-0.25, -0.2) is 0 Å². The fraction of sp³-hybridized carbons (Fsp3) is 0.438. The molecule has 3 heteroatoms. The maximum atomic E-state index is 4.47. The third-order valence-corrected chi connectivity index (χ3v) is 3.27. The number of nitrogens with one attached hydrogen (secondary N) is 1. The lowest BCUT2D eigenvalue weighted by Crippen LogP contribution is -2.25. The Kier molecular flexibility index (Phi) is 4.38. The molecule has 1 N–H and O–H groups in total. The molecule has 19 heavy (non-hydrogen) atoms. The van der Waals surface area contributed by atoms with Gasteiger partial charge in [-0.05, 0) is 38.6 Å². The molecule has 1 aromatic heterocycles. The second-order valence-electron chi connectivity index (χ2n) is 5.58. The Morgan fingerprint density at radius 1 is 1.26 bits per heavy atom. The first-order valence-electron chi connectivity index (χ1n) is 6.81. The molecular weight excluding hydrogens is 234 g/mol. The molecular formula is C16H23N3. The normalized spacial score (nSPS) is 12.9. The number of nitrogens with zero attached hydrogens (tertiary/aromatic N) is 2. The number of anilines is 1. The molecule has 0 radical (unpaired) electrons. The van der Waals surface area contributed by atoms with Gasteiger partial charge < -0.3 is 10.2 Å². The minimum atomic E-state index is 0.612. The number of aromatic nitrogens is 1. The summed E-state index contributed by atoms with van der Waals surface area (Å²) in [6.07, 6.45) is 1.95. The summed E-state index contributed by atoms with van der Waals surface area (Å²) in [6, 6.07) is 8.29. The molecule has 3 nitrogen and oxygen atoms in total. The van der Waals surface area contributed by atoms with E-state index >= 15 is 0 Å². The third-order valence-electron chi connectivity index (χ3n) is 3.27. The van der Waals surface area contributed by atoms with Gasteiger partial charge in [0, 0.05) is 30.4 Å². The highest BCUT2D eigenvalue weighted by atomic mass is 15.1. The first kappa shape index (κ1) is 13.8. The summed E-state index contributed by atoms with van der Waals surface area (Å²) in [4.78, 5) is 6.69. The first-order valence-corrected chi connectivity index (χ1v) is 6.81. The Hall–Kier alpha value is -1.61. The van der Waals surface area contributed by atoms with E-state index in [0.717, 1.165) is 18.6 Å². The van der Waals surface area contributed by atoms with Crippen molar-refractivity contribution in [1.29, 1.82) is 0 Å². The van der Waals surface area contributed by atoms with Gasteiger partial charge in [0.2, 0.25) is 0 Å². The molecule has 0 fully saturated rings. The number of rotatable bonds is 5. The summed E-state index contributed by atoms with van der Waals surface area (Å²) < 4.78 is 0. The van der Waals surface area contributed by atoms with Crippen molar-refractivity contribution in [3.8, 4) is 0 Å². The molecule has 0 aliphatic carbocycles. The maximum Gasteiger partial charge on any atom is 0.0722 e. The summed E-state index contributed by atoms with van der Waals surface area (Å²) in [5.74, 6) is 0.612. The van der Waals surface area contributed by atoms with Gasteiger partial charge in [-0.3, -0.25) is 4.98 Å². The molecule has 0 aliphatic heterocycles. The molecule has 1 aromatic carbocycles. The largest absolute Gasteiger partial charge is 0.384 e. The van der Waals surface area contributed by atoms with E-state index in [2.05, 4.69) is 61.3 Å². The number of benzene rings is 1. The monoisotopic (exact) mass is 257 g/mol. The second kappa shape index (κ2) is 6.02. The van der Waals surface area contributed by atoms with Crippen molar-refractivity contribution in [3.05, 3.63) is 36.0 Å². The van der Waals surface area contributed by atoms with Gasteiger partial charge in [0.25, 0.3) is 0 Å². The Morgan fingerprint density at radius 3 is 2.74 bits per heavy atom. The predicted molar refractivity (Wildman–Crippen MR) is 82.7 cm³/mol. The van der Waals surface area contributed by atoms with Crippen LogP contribution in [0.3, 0.4) is 0 Å². The van der Waals surface area contributed by atoms with E-state index in [1.54, 1.807) is 0 Å². The zero-order valence-electron chi connectivity index (χ0n) is 12.3. The third kappa shape index (κ3) is 3.44. The van der Waals surface area contributed by atoms with E-state index in [9.17, 15) is 0 Å². The van der Waals surface area contributed by atoms with Gasteiger partial charge in [-0.1, -0.05) is 25.1 Å². The minimum Gasteiger partial charge on any atom is -0.384 e. The van der Waals surface area contributed by atoms with Crippen molar-refractivity contribution >= 4 is 16.6 Å². The van der Waals surface area contributed by atoms with Crippen molar-refractivity contribution in [2.24, 2.45) is 5.92 Å². The fourth-order valence-corrected chi connectivity index (χ4v) is 2.44. The molecule has 0 spiro atoms. The molecule has 1 unspecified atom stereocenters. The topological polar surface area (TPSA) is 28.2 Å². The first-order chi connectivity index (χ1) is 9.08. The van der Waals surface area contributed by atoms with Crippen LogP contribution in [0.4, 0.5) is 5.69 Å². The lowest BCUT2D eigenvalue weighted by Gasteiger charge is -2.19. The van der Waals surface area contributed by atoms with Crippen LogP contribution in [-0.4, -0.2) is 37.1 Å². The van der Waals surface area contributed by atoms with Crippen LogP contribution in [0.5, 0.6) is 0 Å². The quantitative estimate of drug-likeness (QED) is 0.892. The molecule has 102 valence electrons. The van der Waals surface area contributed by atoms with Crippen molar-refractivity contribution in [2.45, 2.75) is 13.8 Å². The Bertz CT molecular complexity index is 549. The standard InChI is InChI=1S/C16H23N3/c1-12(11-19(3)4)9-18-16-13(2)10-17-15-8-6-5-7-14(15)16/h5-8,10,12H,9,11H2,1-4H3,(H,17,18). The number of hydrogen-bond donors (Lipinski definition) is 1. The SMILES string of the molecule is Cc1cnc2ccccc2c1NCC(C)CN(C)C. The van der Waals surface area contributed by atoms with Crippen molar-refractivity contribution in [3.63, 3.8) is 0 Å². The van der Waals surface area contributed by atoms with E-state index in [-0.39, 0.29) is 0 Å². The zero-order valence-corrected chi connectivity index (χ0v) is 12.3. The highest BCUT2D eigenvalue weighted by Gasteiger charge is 2.08. The summed E-state index contributed by atoms with van der Waals surface area (Å²) in [5.41, 5.74) is 3.47. The number of para-hydroxylation sites is 1. The van der Waals surface area contributed by atoms with E-state index in [4.69, 9.17) is 0 Å². The van der Waals surface area contributed by atoms with Gasteiger partial charge in [0.1, 0.15) is 0 Å². The molecule has 2 aromatic rings. The van der Waals surface area contributed by atoms with Crippen LogP contribution >= 0.6 is 0 Å². The lowest BCUT2D eigenvalue weighted by molar-refractivity contribution is 0.348. The van der Waals surface area contributed by atoms with Crippen LogP contribution in [0.25, 0.3) is 10.9 Å². The average molecular weight is 257 g/mol. The minimum absolute atomic E-state index is 0.612. The average Bonchev–Trinajstić information content (AvgIpc) is 2.36. The Morgan fingerprint density at radius 2 is 2.00 bits per heavy atom. The number of pyridine rings is 1. The van der Waals surface area contributed by atoms with E-state index < -0.39 is 0 Å². The van der Waals surface area contributed by atoms with Crippen LogP contribution < -0.4 is 5.32 Å². The van der Waals surface area contributed by atoms with Crippen LogP contribution in [0.15, 0.2) is 30.5 Å². The highest BCUT2D eigenvalue weighted by molar-refractivity contribution is 5.92. The van der Waals surface area contributed by atoms with Gasteiger partial charge >= 0.3 is 0 Å². The van der Waals surface area contributed by atoms with Crippen LogP contribution in [0, 0.1) is 12.8 Å². The van der Waals surface area contributed by atoms with Crippen molar-refractivity contribution in [2.75, 3.05) is 32.5 Å². The zero-order chi connectivity index (χ0) is 13.8. The Labute approximate surface area is 115 Å². The summed E-state index contributed by atoms with van der Waals surface area (Å²) >= 11 is 0.